The summed E-state index contributed by atoms with van der Waals surface area (Å²) in [6.07, 6.45) is -2.66. The van der Waals surface area contributed by atoms with Crippen LogP contribution in [0.15, 0.2) is 48.5 Å². The van der Waals surface area contributed by atoms with Gasteiger partial charge >= 0.3 is 6.18 Å². The van der Waals surface area contributed by atoms with Crippen molar-refractivity contribution in [3.63, 3.8) is 0 Å². The molecule has 0 spiro atoms. The lowest BCUT2D eigenvalue weighted by Gasteiger charge is -2.32. The summed E-state index contributed by atoms with van der Waals surface area (Å²) < 4.78 is 65.4. The van der Waals surface area contributed by atoms with Crippen molar-refractivity contribution in [3.05, 3.63) is 65.2 Å². The lowest BCUT2D eigenvalue weighted by Crippen LogP contribution is -2.50. The summed E-state index contributed by atoms with van der Waals surface area (Å²) >= 11 is 0. The fourth-order valence-corrected chi connectivity index (χ4v) is 5.05. The molecule has 0 aliphatic rings. The third kappa shape index (κ3) is 9.56. The summed E-state index contributed by atoms with van der Waals surface area (Å²) in [4.78, 5) is 28.0. The minimum atomic E-state index is -4.63. The first kappa shape index (κ1) is 32.1. The second-order valence-corrected chi connectivity index (χ2v) is 11.6. The van der Waals surface area contributed by atoms with Gasteiger partial charge in [0.15, 0.2) is 0 Å². The Morgan fingerprint density at radius 3 is 2.21 bits per heavy atom. The van der Waals surface area contributed by atoms with Gasteiger partial charge in [0.25, 0.3) is 0 Å². The number of alkyl halides is 3. The quantitative estimate of drug-likeness (QED) is 0.356. The maximum Gasteiger partial charge on any atom is 0.416 e. The fourth-order valence-electron chi connectivity index (χ4n) is 4.09. The number of nitrogens with one attached hydrogen (secondary N) is 1. The van der Waals surface area contributed by atoms with E-state index in [1.807, 2.05) is 52.0 Å². The monoisotopic (exact) mass is 569 g/mol. The van der Waals surface area contributed by atoms with Gasteiger partial charge in [0.2, 0.25) is 21.8 Å². The van der Waals surface area contributed by atoms with Crippen molar-refractivity contribution in [2.75, 3.05) is 17.1 Å². The third-order valence-corrected chi connectivity index (χ3v) is 7.67. The minimum absolute atomic E-state index is 0.0516. The number of carbonyl (C=O) groups is 2. The lowest BCUT2D eigenvalue weighted by molar-refractivity contribution is -0.141. The average Bonchev–Trinajstić information content (AvgIpc) is 2.86. The first-order valence-corrected chi connectivity index (χ1v) is 14.8. The van der Waals surface area contributed by atoms with Crippen LogP contribution in [0.1, 0.15) is 63.1 Å². The predicted octanol–water partition coefficient (Wildman–Crippen LogP) is 5.28. The Kier molecular flexibility index (Phi) is 11.4. The molecule has 2 rings (SSSR count). The second-order valence-electron chi connectivity index (χ2n) is 9.74. The van der Waals surface area contributed by atoms with E-state index in [1.165, 1.54) is 11.0 Å². The third-order valence-electron chi connectivity index (χ3n) is 6.47. The van der Waals surface area contributed by atoms with Crippen LogP contribution in [0.3, 0.4) is 0 Å². The van der Waals surface area contributed by atoms with Crippen LogP contribution >= 0.6 is 0 Å². The number of aryl methyl sites for hydroxylation is 1. The Hall–Kier alpha value is -3.08. The van der Waals surface area contributed by atoms with Gasteiger partial charge in [0, 0.05) is 25.6 Å². The van der Waals surface area contributed by atoms with E-state index in [1.54, 1.807) is 0 Å². The van der Waals surface area contributed by atoms with Crippen LogP contribution in [0.5, 0.6) is 0 Å². The van der Waals surface area contributed by atoms with Gasteiger partial charge in [0.1, 0.15) is 6.04 Å². The van der Waals surface area contributed by atoms with E-state index in [0.717, 1.165) is 46.3 Å². The molecule has 2 aromatic carbocycles. The van der Waals surface area contributed by atoms with Crippen molar-refractivity contribution >= 4 is 27.5 Å². The highest BCUT2D eigenvalue weighted by Crippen LogP contribution is 2.32. The molecule has 39 heavy (non-hydrogen) atoms. The molecule has 0 fully saturated rings. The molecule has 11 heteroatoms. The fraction of sp³-hybridized carbons (Fsp3) is 0.500. The Labute approximate surface area is 229 Å². The Bertz CT molecular complexity index is 1220. The number of amides is 2. The molecule has 2 atom stereocenters. The summed E-state index contributed by atoms with van der Waals surface area (Å²) in [7, 11) is -3.92. The first-order valence-electron chi connectivity index (χ1n) is 13.0. The Morgan fingerprint density at radius 2 is 1.67 bits per heavy atom. The zero-order valence-corrected chi connectivity index (χ0v) is 23.9. The standard InChI is InChI=1S/C28H38F3N3O4S/c1-6-21(4)32-27(36)25(7-2)33(19-22-15-13-20(3)14-16-22)26(35)12-9-17-34(39(5,37)38)24-11-8-10-23(18-24)28(29,30)31/h8,10-11,13-16,18,21,25H,6-7,9,12,17,19H2,1-5H3,(H,32,36)/t21-,25+/m0/s1. The molecular weight excluding hydrogens is 531 g/mol. The highest BCUT2D eigenvalue weighted by molar-refractivity contribution is 7.92. The zero-order chi connectivity index (χ0) is 29.4. The van der Waals surface area contributed by atoms with Gasteiger partial charge < -0.3 is 10.2 Å². The maximum atomic E-state index is 13.5. The highest BCUT2D eigenvalue weighted by Gasteiger charge is 2.32. The van der Waals surface area contributed by atoms with Gasteiger partial charge in [-0.2, -0.15) is 13.2 Å². The molecule has 216 valence electrons. The van der Waals surface area contributed by atoms with E-state index in [9.17, 15) is 31.2 Å². The van der Waals surface area contributed by atoms with Crippen LogP contribution in [0.2, 0.25) is 0 Å². The Balaban J connectivity index is 2.26. The Morgan fingerprint density at radius 1 is 1.03 bits per heavy atom. The molecule has 0 radical (unpaired) electrons. The highest BCUT2D eigenvalue weighted by atomic mass is 32.2. The van der Waals surface area contributed by atoms with Crippen LogP contribution in [0.25, 0.3) is 0 Å². The summed E-state index contributed by atoms with van der Waals surface area (Å²) in [5.74, 6) is -0.617. The van der Waals surface area contributed by atoms with Gasteiger partial charge in [-0.1, -0.05) is 49.7 Å². The number of sulfonamides is 1. The van der Waals surface area contributed by atoms with E-state index in [-0.39, 0.29) is 49.5 Å². The lowest BCUT2D eigenvalue weighted by atomic mass is 10.1. The van der Waals surface area contributed by atoms with Crippen molar-refractivity contribution in [1.82, 2.24) is 10.2 Å². The molecule has 0 bridgehead atoms. The summed E-state index contributed by atoms with van der Waals surface area (Å²) in [6.45, 7) is 7.58. The summed E-state index contributed by atoms with van der Waals surface area (Å²) in [5, 5.41) is 2.93. The molecule has 0 aliphatic carbocycles. The van der Waals surface area contributed by atoms with Crippen LogP contribution in [-0.2, 0) is 32.3 Å². The second kappa shape index (κ2) is 13.8. The van der Waals surface area contributed by atoms with E-state index in [4.69, 9.17) is 0 Å². The van der Waals surface area contributed by atoms with Crippen LogP contribution in [0, 0.1) is 6.92 Å². The molecule has 0 heterocycles. The van der Waals surface area contributed by atoms with Gasteiger partial charge in [-0.15, -0.1) is 0 Å². The summed E-state index contributed by atoms with van der Waals surface area (Å²) in [6, 6.07) is 10.9. The van der Waals surface area contributed by atoms with Crippen LogP contribution in [-0.4, -0.2) is 50.0 Å². The molecule has 1 N–H and O–H groups in total. The number of carbonyl (C=O) groups excluding carboxylic acids is 2. The van der Waals surface area contributed by atoms with Crippen LogP contribution < -0.4 is 9.62 Å². The van der Waals surface area contributed by atoms with Crippen molar-refractivity contribution in [1.29, 1.82) is 0 Å². The molecule has 0 unspecified atom stereocenters. The number of rotatable bonds is 13. The van der Waals surface area contributed by atoms with Crippen molar-refractivity contribution in [3.8, 4) is 0 Å². The number of hydrogen-bond acceptors (Lipinski definition) is 4. The number of nitrogens with zero attached hydrogens (tertiary/aromatic N) is 2. The number of hydrogen-bond donors (Lipinski definition) is 1. The maximum absolute atomic E-state index is 13.5. The van der Waals surface area contributed by atoms with Gasteiger partial charge in [-0.25, -0.2) is 8.42 Å². The predicted molar refractivity (Wildman–Crippen MR) is 147 cm³/mol. The van der Waals surface area contributed by atoms with Crippen molar-refractivity contribution < 1.29 is 31.2 Å². The molecule has 0 aliphatic heterocycles. The molecule has 2 amide bonds. The molecule has 7 nitrogen and oxygen atoms in total. The SMILES string of the molecule is CC[C@H](C(=O)N[C@@H](C)CC)N(Cc1ccc(C)cc1)C(=O)CCCN(c1cccc(C(F)(F)F)c1)S(C)(=O)=O. The molecular formula is C28H38F3N3O4S. The van der Waals surface area contributed by atoms with Gasteiger partial charge in [-0.05, 0) is 56.9 Å². The number of benzene rings is 2. The largest absolute Gasteiger partial charge is 0.416 e. The minimum Gasteiger partial charge on any atom is -0.352 e. The zero-order valence-electron chi connectivity index (χ0n) is 23.1. The number of halogens is 3. The van der Waals surface area contributed by atoms with Crippen molar-refractivity contribution in [2.45, 2.75) is 78.2 Å². The summed E-state index contributed by atoms with van der Waals surface area (Å²) in [5.41, 5.74) is 0.793. The van der Waals surface area contributed by atoms with Crippen LogP contribution in [0.4, 0.5) is 18.9 Å². The van der Waals surface area contributed by atoms with E-state index in [0.29, 0.717) is 6.42 Å². The molecule has 0 saturated carbocycles. The number of anilines is 1. The topological polar surface area (TPSA) is 86.8 Å². The smallest absolute Gasteiger partial charge is 0.352 e. The normalized spacial score (nSPS) is 13.4. The molecule has 0 aromatic heterocycles. The first-order chi connectivity index (χ1) is 18.2. The van der Waals surface area contributed by atoms with Gasteiger partial charge in [-0.3, -0.25) is 13.9 Å². The average molecular weight is 570 g/mol. The van der Waals surface area contributed by atoms with E-state index < -0.39 is 27.8 Å². The molecule has 0 saturated heterocycles. The van der Waals surface area contributed by atoms with E-state index in [2.05, 4.69) is 5.32 Å². The molecule has 2 aromatic rings. The van der Waals surface area contributed by atoms with Gasteiger partial charge in [0.05, 0.1) is 17.5 Å². The van der Waals surface area contributed by atoms with E-state index >= 15 is 0 Å². The van der Waals surface area contributed by atoms with Crippen molar-refractivity contribution in [2.24, 2.45) is 0 Å².